The van der Waals surface area contributed by atoms with Gasteiger partial charge < -0.3 is 10.5 Å². The van der Waals surface area contributed by atoms with Crippen LogP contribution < -0.4 is 5.73 Å². The summed E-state index contributed by atoms with van der Waals surface area (Å²) in [6, 6.07) is 0. The molecular weight excluding hydrogens is 202 g/mol. The Kier molecular flexibility index (Phi) is 3.33. The third-order valence-corrected chi connectivity index (χ3v) is 3.21. The lowest BCUT2D eigenvalue weighted by Crippen LogP contribution is -2.13. The first-order valence-corrected chi connectivity index (χ1v) is 5.49. The van der Waals surface area contributed by atoms with Crippen LogP contribution in [0.3, 0.4) is 0 Å². The van der Waals surface area contributed by atoms with Crippen molar-refractivity contribution in [2.45, 2.75) is 23.4 Å². The molecule has 1 fully saturated rings. The van der Waals surface area contributed by atoms with Gasteiger partial charge in [0.25, 0.3) is 0 Å². The summed E-state index contributed by atoms with van der Waals surface area (Å²) in [6.07, 6.45) is 1.07. The number of aromatic nitrogens is 4. The van der Waals surface area contributed by atoms with Crippen LogP contribution in [0.2, 0.25) is 0 Å². The van der Waals surface area contributed by atoms with Crippen LogP contribution in [-0.2, 0) is 11.3 Å². The fourth-order valence-corrected chi connectivity index (χ4v) is 2.31. The molecule has 14 heavy (non-hydrogen) atoms. The highest BCUT2D eigenvalue weighted by Crippen LogP contribution is 2.26. The first-order chi connectivity index (χ1) is 6.90. The summed E-state index contributed by atoms with van der Waals surface area (Å²) in [5.41, 5.74) is 5.45. The summed E-state index contributed by atoms with van der Waals surface area (Å²) in [7, 11) is 0. The average Bonchev–Trinajstić information content (AvgIpc) is 2.80. The van der Waals surface area contributed by atoms with Gasteiger partial charge in [-0.05, 0) is 16.8 Å². The van der Waals surface area contributed by atoms with Crippen molar-refractivity contribution >= 4 is 11.8 Å². The van der Waals surface area contributed by atoms with Crippen LogP contribution in [0, 0.1) is 0 Å². The molecule has 2 N–H and O–H groups in total. The standard InChI is InChI=1S/C7H13N5OS/c8-2-3-12-7(9-10-11-12)14-6-1-4-13-5-6/h6H,1-5,8H2. The molecule has 0 aromatic carbocycles. The van der Waals surface area contributed by atoms with E-state index in [1.807, 2.05) is 0 Å². The molecule has 78 valence electrons. The molecule has 2 heterocycles. The van der Waals surface area contributed by atoms with Crippen molar-refractivity contribution in [3.05, 3.63) is 0 Å². The Balaban J connectivity index is 1.96. The average molecular weight is 215 g/mol. The second-order valence-corrected chi connectivity index (χ2v) is 4.34. The van der Waals surface area contributed by atoms with E-state index in [0.29, 0.717) is 18.3 Å². The topological polar surface area (TPSA) is 78.9 Å². The van der Waals surface area contributed by atoms with Crippen LogP contribution in [0.15, 0.2) is 5.16 Å². The summed E-state index contributed by atoms with van der Waals surface area (Å²) in [5.74, 6) is 0. The Morgan fingerprint density at radius 2 is 2.57 bits per heavy atom. The molecule has 1 aliphatic rings. The van der Waals surface area contributed by atoms with Gasteiger partial charge in [-0.15, -0.1) is 5.10 Å². The third kappa shape index (κ3) is 2.23. The molecule has 2 rings (SSSR count). The number of ether oxygens (including phenoxy) is 1. The van der Waals surface area contributed by atoms with Gasteiger partial charge >= 0.3 is 0 Å². The minimum absolute atomic E-state index is 0.484. The van der Waals surface area contributed by atoms with E-state index in [9.17, 15) is 0 Å². The van der Waals surface area contributed by atoms with Gasteiger partial charge in [-0.3, -0.25) is 0 Å². The van der Waals surface area contributed by atoms with Crippen molar-refractivity contribution in [2.24, 2.45) is 5.73 Å². The Bertz CT molecular complexity index is 285. The van der Waals surface area contributed by atoms with E-state index in [1.54, 1.807) is 16.4 Å². The van der Waals surface area contributed by atoms with Crippen LogP contribution in [-0.4, -0.2) is 45.2 Å². The van der Waals surface area contributed by atoms with Gasteiger partial charge in [0.1, 0.15) is 0 Å². The molecule has 0 radical (unpaired) electrons. The molecule has 0 spiro atoms. The van der Waals surface area contributed by atoms with Crippen molar-refractivity contribution in [3.8, 4) is 0 Å². The second-order valence-electron chi connectivity index (χ2n) is 3.08. The summed E-state index contributed by atoms with van der Waals surface area (Å²) < 4.78 is 7.02. The molecule has 7 heteroatoms. The van der Waals surface area contributed by atoms with E-state index in [1.165, 1.54) is 0 Å². The van der Waals surface area contributed by atoms with Gasteiger partial charge in [0.2, 0.25) is 5.16 Å². The van der Waals surface area contributed by atoms with Crippen LogP contribution in [0.1, 0.15) is 6.42 Å². The monoisotopic (exact) mass is 215 g/mol. The minimum atomic E-state index is 0.484. The maximum atomic E-state index is 5.45. The fraction of sp³-hybridized carbons (Fsp3) is 0.857. The number of nitrogens with zero attached hydrogens (tertiary/aromatic N) is 4. The molecule has 0 saturated carbocycles. The largest absolute Gasteiger partial charge is 0.380 e. The minimum Gasteiger partial charge on any atom is -0.380 e. The van der Waals surface area contributed by atoms with Gasteiger partial charge in [-0.2, -0.15) is 0 Å². The highest BCUT2D eigenvalue weighted by molar-refractivity contribution is 7.99. The first kappa shape index (κ1) is 9.88. The van der Waals surface area contributed by atoms with Crippen molar-refractivity contribution in [1.82, 2.24) is 20.2 Å². The highest BCUT2D eigenvalue weighted by atomic mass is 32.2. The molecule has 0 aliphatic carbocycles. The molecular formula is C7H13N5OS. The van der Waals surface area contributed by atoms with Crippen LogP contribution >= 0.6 is 11.8 Å². The zero-order valence-corrected chi connectivity index (χ0v) is 8.61. The summed E-state index contributed by atoms with van der Waals surface area (Å²) in [6.45, 7) is 2.86. The maximum absolute atomic E-state index is 5.45. The van der Waals surface area contributed by atoms with E-state index >= 15 is 0 Å². The van der Waals surface area contributed by atoms with Crippen molar-refractivity contribution in [2.75, 3.05) is 19.8 Å². The molecule has 1 unspecified atom stereocenters. The fourth-order valence-electron chi connectivity index (χ4n) is 1.30. The smallest absolute Gasteiger partial charge is 0.209 e. The molecule has 1 aliphatic heterocycles. The molecule has 1 saturated heterocycles. The Morgan fingerprint density at radius 1 is 1.64 bits per heavy atom. The van der Waals surface area contributed by atoms with E-state index < -0.39 is 0 Å². The molecule has 1 atom stereocenters. The first-order valence-electron chi connectivity index (χ1n) is 4.61. The number of rotatable bonds is 4. The van der Waals surface area contributed by atoms with E-state index in [0.717, 1.165) is 24.8 Å². The second kappa shape index (κ2) is 4.72. The third-order valence-electron chi connectivity index (χ3n) is 2.00. The highest BCUT2D eigenvalue weighted by Gasteiger charge is 2.19. The number of hydrogen-bond donors (Lipinski definition) is 1. The Hall–Kier alpha value is -0.660. The van der Waals surface area contributed by atoms with Crippen LogP contribution in [0.25, 0.3) is 0 Å². The zero-order chi connectivity index (χ0) is 9.80. The lowest BCUT2D eigenvalue weighted by atomic mass is 10.4. The molecule has 1 aromatic heterocycles. The summed E-state index contributed by atoms with van der Waals surface area (Å²) in [4.78, 5) is 0. The van der Waals surface area contributed by atoms with Gasteiger partial charge in [0.15, 0.2) is 0 Å². The summed E-state index contributed by atoms with van der Waals surface area (Å²) >= 11 is 1.67. The Labute approximate surface area is 86.2 Å². The van der Waals surface area contributed by atoms with Crippen LogP contribution in [0.5, 0.6) is 0 Å². The molecule has 6 nitrogen and oxygen atoms in total. The molecule has 1 aromatic rings. The van der Waals surface area contributed by atoms with Gasteiger partial charge in [0, 0.05) is 18.4 Å². The van der Waals surface area contributed by atoms with E-state index in [4.69, 9.17) is 10.5 Å². The van der Waals surface area contributed by atoms with Gasteiger partial charge in [-0.25, -0.2) is 4.68 Å². The van der Waals surface area contributed by atoms with E-state index in [2.05, 4.69) is 15.5 Å². The van der Waals surface area contributed by atoms with Gasteiger partial charge in [0.05, 0.1) is 13.2 Å². The van der Waals surface area contributed by atoms with Crippen molar-refractivity contribution in [1.29, 1.82) is 0 Å². The predicted molar refractivity (Wildman–Crippen MR) is 52.0 cm³/mol. The zero-order valence-electron chi connectivity index (χ0n) is 7.80. The molecule has 0 bridgehead atoms. The number of thioether (sulfide) groups is 1. The predicted octanol–water partition coefficient (Wildman–Crippen LogP) is -0.487. The molecule has 0 amide bonds. The SMILES string of the molecule is NCCn1nnnc1SC1CCOC1. The number of tetrazole rings is 1. The van der Waals surface area contributed by atoms with Crippen molar-refractivity contribution < 1.29 is 4.74 Å². The lowest BCUT2D eigenvalue weighted by molar-refractivity contribution is 0.199. The number of hydrogen-bond acceptors (Lipinski definition) is 6. The normalized spacial score (nSPS) is 21.6. The number of nitrogens with two attached hydrogens (primary N) is 1. The maximum Gasteiger partial charge on any atom is 0.209 e. The quantitative estimate of drug-likeness (QED) is 0.730. The summed E-state index contributed by atoms with van der Waals surface area (Å²) in [5, 5.41) is 12.8. The lowest BCUT2D eigenvalue weighted by Gasteiger charge is -2.05. The van der Waals surface area contributed by atoms with Gasteiger partial charge in [-0.1, -0.05) is 11.8 Å². The van der Waals surface area contributed by atoms with Crippen molar-refractivity contribution in [3.63, 3.8) is 0 Å². The van der Waals surface area contributed by atoms with E-state index in [-0.39, 0.29) is 0 Å². The Morgan fingerprint density at radius 3 is 3.29 bits per heavy atom. The van der Waals surface area contributed by atoms with Crippen LogP contribution in [0.4, 0.5) is 0 Å².